The number of hydrogen-bond acceptors (Lipinski definition) is 1. The predicted molar refractivity (Wildman–Crippen MR) is 60.4 cm³/mol. The molecule has 1 nitrogen and oxygen atoms in total. The van der Waals surface area contributed by atoms with Crippen molar-refractivity contribution in [3.63, 3.8) is 0 Å². The van der Waals surface area contributed by atoms with Crippen molar-refractivity contribution >= 4 is 10.9 Å². The zero-order valence-electron chi connectivity index (χ0n) is 9.21. The standard InChI is InChI=1S/C13H14FN/c1-13(2,3)10-6-7-11-9(12(10)14)5-4-8-15-11/h4-8H,1-3H3. The molecule has 0 atom stereocenters. The first kappa shape index (κ1) is 10.1. The highest BCUT2D eigenvalue weighted by molar-refractivity contribution is 5.80. The second-order valence-electron chi connectivity index (χ2n) is 4.75. The van der Waals surface area contributed by atoms with Gasteiger partial charge in [0.1, 0.15) is 5.82 Å². The summed E-state index contributed by atoms with van der Waals surface area (Å²) in [4.78, 5) is 4.13. The van der Waals surface area contributed by atoms with Crippen LogP contribution in [0.4, 0.5) is 4.39 Å². The van der Waals surface area contributed by atoms with Crippen LogP contribution in [0.3, 0.4) is 0 Å². The fraction of sp³-hybridized carbons (Fsp3) is 0.308. The van der Waals surface area contributed by atoms with Crippen molar-refractivity contribution in [2.45, 2.75) is 26.2 Å². The predicted octanol–water partition coefficient (Wildman–Crippen LogP) is 3.67. The van der Waals surface area contributed by atoms with E-state index in [2.05, 4.69) is 4.98 Å². The lowest BCUT2D eigenvalue weighted by Crippen LogP contribution is -2.13. The summed E-state index contributed by atoms with van der Waals surface area (Å²) in [6.07, 6.45) is 1.68. The zero-order valence-corrected chi connectivity index (χ0v) is 9.21. The third-order valence-corrected chi connectivity index (χ3v) is 2.53. The van der Waals surface area contributed by atoms with Gasteiger partial charge in [-0.25, -0.2) is 4.39 Å². The van der Waals surface area contributed by atoms with E-state index < -0.39 is 0 Å². The molecule has 0 N–H and O–H groups in total. The lowest BCUT2D eigenvalue weighted by atomic mass is 9.86. The smallest absolute Gasteiger partial charge is 0.136 e. The molecule has 1 aromatic carbocycles. The van der Waals surface area contributed by atoms with E-state index in [0.29, 0.717) is 10.9 Å². The number of rotatable bonds is 0. The number of hydrogen-bond donors (Lipinski definition) is 0. The Morgan fingerprint density at radius 3 is 2.53 bits per heavy atom. The summed E-state index contributed by atoms with van der Waals surface area (Å²) in [6, 6.07) is 7.23. The van der Waals surface area contributed by atoms with Crippen molar-refractivity contribution in [1.29, 1.82) is 0 Å². The van der Waals surface area contributed by atoms with Crippen LogP contribution < -0.4 is 0 Å². The molecule has 2 rings (SSSR count). The largest absolute Gasteiger partial charge is 0.256 e. The average Bonchev–Trinajstić information content (AvgIpc) is 2.16. The molecule has 0 aliphatic heterocycles. The van der Waals surface area contributed by atoms with Gasteiger partial charge in [-0.2, -0.15) is 0 Å². The molecule has 2 heteroatoms. The van der Waals surface area contributed by atoms with Crippen LogP contribution in [0.15, 0.2) is 30.5 Å². The first-order valence-corrected chi connectivity index (χ1v) is 5.04. The van der Waals surface area contributed by atoms with Gasteiger partial charge >= 0.3 is 0 Å². The molecule has 0 aliphatic rings. The summed E-state index contributed by atoms with van der Waals surface area (Å²) in [7, 11) is 0. The summed E-state index contributed by atoms with van der Waals surface area (Å²) in [6.45, 7) is 6.02. The molecule has 0 radical (unpaired) electrons. The molecule has 0 amide bonds. The van der Waals surface area contributed by atoms with Crippen LogP contribution in [-0.2, 0) is 5.41 Å². The minimum Gasteiger partial charge on any atom is -0.256 e. The normalized spacial score (nSPS) is 12.0. The van der Waals surface area contributed by atoms with Crippen molar-refractivity contribution in [2.24, 2.45) is 0 Å². The van der Waals surface area contributed by atoms with Crippen molar-refractivity contribution < 1.29 is 4.39 Å². The van der Waals surface area contributed by atoms with Crippen LogP contribution in [0.2, 0.25) is 0 Å². The first-order chi connectivity index (χ1) is 7.00. The Morgan fingerprint density at radius 1 is 1.13 bits per heavy atom. The molecule has 1 heterocycles. The van der Waals surface area contributed by atoms with E-state index in [4.69, 9.17) is 0 Å². The van der Waals surface area contributed by atoms with E-state index in [1.165, 1.54) is 0 Å². The molecule has 0 aliphatic carbocycles. The third-order valence-electron chi connectivity index (χ3n) is 2.53. The van der Waals surface area contributed by atoms with E-state index in [1.807, 2.05) is 32.9 Å². The maximum absolute atomic E-state index is 14.1. The van der Waals surface area contributed by atoms with Crippen LogP contribution in [0.1, 0.15) is 26.3 Å². The van der Waals surface area contributed by atoms with Crippen LogP contribution in [0, 0.1) is 5.82 Å². The van der Waals surface area contributed by atoms with Crippen molar-refractivity contribution in [3.05, 3.63) is 41.8 Å². The first-order valence-electron chi connectivity index (χ1n) is 5.04. The molecule has 0 bridgehead atoms. The highest BCUT2D eigenvalue weighted by atomic mass is 19.1. The van der Waals surface area contributed by atoms with Gasteiger partial charge in [0.25, 0.3) is 0 Å². The molecule has 15 heavy (non-hydrogen) atoms. The maximum atomic E-state index is 14.1. The van der Waals surface area contributed by atoms with Gasteiger partial charge < -0.3 is 0 Å². The van der Waals surface area contributed by atoms with Crippen molar-refractivity contribution in [2.75, 3.05) is 0 Å². The maximum Gasteiger partial charge on any atom is 0.136 e. The Bertz CT molecular complexity index is 497. The Morgan fingerprint density at radius 2 is 1.87 bits per heavy atom. The van der Waals surface area contributed by atoms with Crippen molar-refractivity contribution in [1.82, 2.24) is 4.98 Å². The van der Waals surface area contributed by atoms with Gasteiger partial charge in [0.2, 0.25) is 0 Å². The molecule has 78 valence electrons. The van der Waals surface area contributed by atoms with E-state index in [-0.39, 0.29) is 11.2 Å². The summed E-state index contributed by atoms with van der Waals surface area (Å²) in [5.74, 6) is -0.145. The number of nitrogens with zero attached hydrogens (tertiary/aromatic N) is 1. The molecule has 0 saturated carbocycles. The molecular weight excluding hydrogens is 189 g/mol. The third kappa shape index (κ3) is 1.72. The highest BCUT2D eigenvalue weighted by Crippen LogP contribution is 2.28. The number of pyridine rings is 1. The monoisotopic (exact) mass is 203 g/mol. The summed E-state index contributed by atoms with van der Waals surface area (Å²) >= 11 is 0. The van der Waals surface area contributed by atoms with Gasteiger partial charge in [-0.3, -0.25) is 4.98 Å². The van der Waals surface area contributed by atoms with Crippen LogP contribution >= 0.6 is 0 Å². The minimum atomic E-state index is -0.173. The number of halogens is 1. The summed E-state index contributed by atoms with van der Waals surface area (Å²) in [5.41, 5.74) is 1.28. The summed E-state index contributed by atoms with van der Waals surface area (Å²) < 4.78 is 14.1. The Hall–Kier alpha value is -1.44. The van der Waals surface area contributed by atoms with Gasteiger partial charge in [0.15, 0.2) is 0 Å². The van der Waals surface area contributed by atoms with Crippen LogP contribution in [0.5, 0.6) is 0 Å². The van der Waals surface area contributed by atoms with Gasteiger partial charge in [-0.1, -0.05) is 26.8 Å². The fourth-order valence-electron chi connectivity index (χ4n) is 1.70. The zero-order chi connectivity index (χ0) is 11.1. The highest BCUT2D eigenvalue weighted by Gasteiger charge is 2.19. The van der Waals surface area contributed by atoms with E-state index >= 15 is 0 Å². The lowest BCUT2D eigenvalue weighted by molar-refractivity contribution is 0.529. The minimum absolute atomic E-state index is 0.145. The van der Waals surface area contributed by atoms with E-state index in [9.17, 15) is 4.39 Å². The van der Waals surface area contributed by atoms with E-state index in [1.54, 1.807) is 18.3 Å². The second kappa shape index (κ2) is 3.30. The number of fused-ring (bicyclic) bond motifs is 1. The Kier molecular flexibility index (Phi) is 2.22. The quantitative estimate of drug-likeness (QED) is 0.636. The Labute approximate surface area is 89.0 Å². The molecule has 0 fully saturated rings. The Balaban J connectivity index is 2.76. The number of aromatic nitrogens is 1. The molecule has 0 unspecified atom stereocenters. The van der Waals surface area contributed by atoms with Crippen LogP contribution in [-0.4, -0.2) is 4.98 Å². The molecule has 2 aromatic rings. The van der Waals surface area contributed by atoms with Gasteiger partial charge in [-0.15, -0.1) is 0 Å². The van der Waals surface area contributed by atoms with Gasteiger partial charge in [0.05, 0.1) is 5.52 Å². The average molecular weight is 203 g/mol. The van der Waals surface area contributed by atoms with E-state index in [0.717, 1.165) is 5.56 Å². The number of benzene rings is 1. The van der Waals surface area contributed by atoms with Crippen LogP contribution in [0.25, 0.3) is 10.9 Å². The summed E-state index contributed by atoms with van der Waals surface area (Å²) in [5, 5.41) is 0.602. The topological polar surface area (TPSA) is 12.9 Å². The SMILES string of the molecule is CC(C)(C)c1ccc2ncccc2c1F. The fourth-order valence-corrected chi connectivity index (χ4v) is 1.70. The molecule has 0 saturated heterocycles. The van der Waals surface area contributed by atoms with Gasteiger partial charge in [0, 0.05) is 11.6 Å². The van der Waals surface area contributed by atoms with Gasteiger partial charge in [-0.05, 0) is 29.2 Å². The lowest BCUT2D eigenvalue weighted by Gasteiger charge is -2.20. The molecule has 0 spiro atoms. The van der Waals surface area contributed by atoms with Crippen molar-refractivity contribution in [3.8, 4) is 0 Å². The second-order valence-corrected chi connectivity index (χ2v) is 4.75. The molecule has 1 aromatic heterocycles. The molecular formula is C13H14FN.